The van der Waals surface area contributed by atoms with E-state index in [1.807, 2.05) is 6.07 Å². The number of halogens is 1. The molecule has 0 unspecified atom stereocenters. The molecule has 2 aromatic heterocycles. The predicted molar refractivity (Wildman–Crippen MR) is 110 cm³/mol. The number of furan rings is 1. The van der Waals surface area contributed by atoms with Gasteiger partial charge in [0, 0.05) is 11.0 Å². The van der Waals surface area contributed by atoms with Gasteiger partial charge in [-0.15, -0.1) is 11.3 Å². The second-order valence-electron chi connectivity index (χ2n) is 6.54. The molecule has 6 nitrogen and oxygen atoms in total. The van der Waals surface area contributed by atoms with Gasteiger partial charge in [-0.25, -0.2) is 4.79 Å². The number of carbonyl (C=O) groups excluding carboxylic acids is 2. The molecule has 1 aliphatic rings. The Morgan fingerprint density at radius 3 is 2.93 bits per heavy atom. The molecule has 0 saturated heterocycles. The maximum absolute atomic E-state index is 12.7. The van der Waals surface area contributed by atoms with Crippen LogP contribution in [0.25, 0.3) is 6.08 Å². The largest absolute Gasteiger partial charge is 0.462 e. The number of ether oxygens (including phenoxy) is 1. The van der Waals surface area contributed by atoms with Crippen LogP contribution < -0.4 is 5.32 Å². The average molecular weight is 463 g/mol. The summed E-state index contributed by atoms with van der Waals surface area (Å²) in [4.78, 5) is 26.3. The second-order valence-corrected chi connectivity index (χ2v) is 8.43. The van der Waals surface area contributed by atoms with E-state index in [2.05, 4.69) is 28.2 Å². The molecule has 1 amide bonds. The first-order valence-corrected chi connectivity index (χ1v) is 10.5. The Bertz CT molecular complexity index is 983. The first-order valence-electron chi connectivity index (χ1n) is 8.93. The molecular weight excluding hydrogens is 444 g/mol. The number of hydrogen-bond acceptors (Lipinski definition) is 6. The molecule has 0 aliphatic heterocycles. The van der Waals surface area contributed by atoms with Gasteiger partial charge >= 0.3 is 5.97 Å². The SMILES string of the molecule is CCOC(=O)c1c(NC(=O)/C(C#N)=C/c2ccc(Br)o2)sc2c1CC[C@H](C)C2. The van der Waals surface area contributed by atoms with Gasteiger partial charge in [0.1, 0.15) is 22.4 Å². The van der Waals surface area contributed by atoms with Crippen LogP contribution in [-0.4, -0.2) is 18.5 Å². The van der Waals surface area contributed by atoms with E-state index < -0.39 is 11.9 Å². The highest BCUT2D eigenvalue weighted by Crippen LogP contribution is 2.40. The number of thiophene rings is 1. The summed E-state index contributed by atoms with van der Waals surface area (Å²) in [5.41, 5.74) is 1.26. The summed E-state index contributed by atoms with van der Waals surface area (Å²) in [6.07, 6.45) is 3.99. The Morgan fingerprint density at radius 2 is 2.29 bits per heavy atom. The molecule has 146 valence electrons. The number of rotatable bonds is 5. The Morgan fingerprint density at radius 1 is 1.50 bits per heavy atom. The fraction of sp³-hybridized carbons (Fsp3) is 0.350. The van der Waals surface area contributed by atoms with E-state index in [0.717, 1.165) is 29.7 Å². The maximum Gasteiger partial charge on any atom is 0.341 e. The lowest BCUT2D eigenvalue weighted by Crippen LogP contribution is -2.17. The maximum atomic E-state index is 12.7. The van der Waals surface area contributed by atoms with Crippen molar-refractivity contribution < 1.29 is 18.7 Å². The quantitative estimate of drug-likeness (QED) is 0.385. The molecule has 0 aromatic carbocycles. The van der Waals surface area contributed by atoms with Gasteiger partial charge in [-0.05, 0) is 65.7 Å². The first kappa shape index (κ1) is 20.4. The van der Waals surface area contributed by atoms with Gasteiger partial charge in [-0.1, -0.05) is 6.92 Å². The van der Waals surface area contributed by atoms with Crippen LogP contribution in [0.3, 0.4) is 0 Å². The normalized spacial score (nSPS) is 16.2. The summed E-state index contributed by atoms with van der Waals surface area (Å²) in [6.45, 7) is 4.17. The lowest BCUT2D eigenvalue weighted by molar-refractivity contribution is -0.112. The molecule has 0 fully saturated rings. The van der Waals surface area contributed by atoms with E-state index in [9.17, 15) is 14.9 Å². The van der Waals surface area contributed by atoms with Crippen LogP contribution in [0.1, 0.15) is 46.8 Å². The van der Waals surface area contributed by atoms with Gasteiger partial charge in [0.2, 0.25) is 0 Å². The van der Waals surface area contributed by atoms with Crippen LogP contribution in [0.2, 0.25) is 0 Å². The van der Waals surface area contributed by atoms with E-state index in [4.69, 9.17) is 9.15 Å². The van der Waals surface area contributed by atoms with Crippen molar-refractivity contribution in [2.45, 2.75) is 33.1 Å². The number of nitriles is 1. The van der Waals surface area contributed by atoms with Crippen molar-refractivity contribution in [1.82, 2.24) is 0 Å². The van der Waals surface area contributed by atoms with E-state index in [1.165, 1.54) is 17.4 Å². The molecule has 0 spiro atoms. The van der Waals surface area contributed by atoms with Crippen LogP contribution in [0.15, 0.2) is 26.8 Å². The van der Waals surface area contributed by atoms with Crippen molar-refractivity contribution in [2.24, 2.45) is 5.92 Å². The van der Waals surface area contributed by atoms with Crippen LogP contribution in [0, 0.1) is 17.2 Å². The Labute approximate surface area is 175 Å². The van der Waals surface area contributed by atoms with Crippen molar-refractivity contribution in [3.8, 4) is 6.07 Å². The van der Waals surface area contributed by atoms with Crippen LogP contribution in [0.5, 0.6) is 0 Å². The predicted octanol–water partition coefficient (Wildman–Crippen LogP) is 4.95. The van der Waals surface area contributed by atoms with Gasteiger partial charge < -0.3 is 14.5 Å². The third-order valence-corrected chi connectivity index (χ3v) is 6.06. The number of nitrogens with zero attached hydrogens (tertiary/aromatic N) is 1. The molecular formula is C20H19BrN2O4S. The van der Waals surface area contributed by atoms with E-state index >= 15 is 0 Å². The highest BCUT2D eigenvalue weighted by molar-refractivity contribution is 9.10. The van der Waals surface area contributed by atoms with Crippen LogP contribution in [0.4, 0.5) is 5.00 Å². The highest BCUT2D eigenvalue weighted by atomic mass is 79.9. The summed E-state index contributed by atoms with van der Waals surface area (Å²) in [5.74, 6) is -0.130. The van der Waals surface area contributed by atoms with E-state index in [1.54, 1.807) is 19.1 Å². The molecule has 0 saturated carbocycles. The molecule has 2 heterocycles. The fourth-order valence-electron chi connectivity index (χ4n) is 3.13. The number of carbonyl (C=O) groups is 2. The standard InChI is InChI=1S/C20H19BrN2O4S/c1-3-26-20(25)17-14-6-4-11(2)8-15(14)28-19(17)23-18(24)12(10-22)9-13-5-7-16(21)27-13/h5,7,9,11H,3-4,6,8H2,1-2H3,(H,23,24)/b12-9+/t11-/m0/s1. The summed E-state index contributed by atoms with van der Waals surface area (Å²) >= 11 is 4.57. The van der Waals surface area contributed by atoms with Gasteiger partial charge in [0.15, 0.2) is 4.67 Å². The summed E-state index contributed by atoms with van der Waals surface area (Å²) < 4.78 is 11.0. The van der Waals surface area contributed by atoms with Gasteiger partial charge in [0.25, 0.3) is 5.91 Å². The van der Waals surface area contributed by atoms with E-state index in [0.29, 0.717) is 26.9 Å². The smallest absolute Gasteiger partial charge is 0.341 e. The number of fused-ring (bicyclic) bond motifs is 1. The Hall–Kier alpha value is -2.37. The van der Waals surface area contributed by atoms with Gasteiger partial charge in [-0.2, -0.15) is 5.26 Å². The molecule has 1 N–H and O–H groups in total. The number of nitrogens with one attached hydrogen (secondary N) is 1. The zero-order valence-corrected chi connectivity index (χ0v) is 17.9. The molecule has 3 rings (SSSR count). The summed E-state index contributed by atoms with van der Waals surface area (Å²) in [6, 6.07) is 5.20. The lowest BCUT2D eigenvalue weighted by Gasteiger charge is -2.18. The van der Waals surface area contributed by atoms with Crippen molar-refractivity contribution in [3.63, 3.8) is 0 Å². The Balaban J connectivity index is 1.92. The molecule has 2 aromatic rings. The molecule has 8 heteroatoms. The second kappa shape index (κ2) is 8.76. The minimum atomic E-state index is -0.591. The van der Waals surface area contributed by atoms with E-state index in [-0.39, 0.29) is 12.2 Å². The zero-order chi connectivity index (χ0) is 20.3. The topological polar surface area (TPSA) is 92.3 Å². The Kier molecular flexibility index (Phi) is 6.37. The van der Waals surface area contributed by atoms with Crippen molar-refractivity contribution in [2.75, 3.05) is 11.9 Å². The first-order chi connectivity index (χ1) is 13.4. The fourth-order valence-corrected chi connectivity index (χ4v) is 4.84. The third-order valence-electron chi connectivity index (χ3n) is 4.46. The number of hydrogen-bond donors (Lipinski definition) is 1. The minimum absolute atomic E-state index is 0.114. The number of anilines is 1. The van der Waals surface area contributed by atoms with Crippen molar-refractivity contribution >= 4 is 50.2 Å². The molecule has 28 heavy (non-hydrogen) atoms. The lowest BCUT2D eigenvalue weighted by atomic mass is 9.88. The van der Waals surface area contributed by atoms with Crippen molar-refractivity contribution in [3.05, 3.63) is 44.1 Å². The third kappa shape index (κ3) is 4.37. The number of esters is 1. The molecule has 1 atom stereocenters. The van der Waals surface area contributed by atoms with Crippen LogP contribution in [-0.2, 0) is 22.4 Å². The monoisotopic (exact) mass is 462 g/mol. The van der Waals surface area contributed by atoms with Crippen molar-refractivity contribution in [1.29, 1.82) is 5.26 Å². The van der Waals surface area contributed by atoms with Gasteiger partial charge in [0.05, 0.1) is 12.2 Å². The highest BCUT2D eigenvalue weighted by Gasteiger charge is 2.29. The number of amides is 1. The molecule has 0 bridgehead atoms. The average Bonchev–Trinajstić information content (AvgIpc) is 3.21. The van der Waals surface area contributed by atoms with Gasteiger partial charge in [-0.3, -0.25) is 4.79 Å². The minimum Gasteiger partial charge on any atom is -0.462 e. The van der Waals surface area contributed by atoms with Crippen LogP contribution >= 0.6 is 27.3 Å². The summed E-state index contributed by atoms with van der Waals surface area (Å²) in [7, 11) is 0. The zero-order valence-electron chi connectivity index (χ0n) is 15.5. The molecule has 1 aliphatic carbocycles. The summed E-state index contributed by atoms with van der Waals surface area (Å²) in [5, 5.41) is 12.6. The molecule has 0 radical (unpaired) electrons.